The smallest absolute Gasteiger partial charge is 0.322 e. The number of rotatable bonds is 15. The van der Waals surface area contributed by atoms with Gasteiger partial charge in [-0.2, -0.15) is 0 Å². The maximum atomic E-state index is 13.3. The van der Waals surface area contributed by atoms with Crippen LogP contribution in [0.25, 0.3) is 0 Å². The zero-order valence-electron chi connectivity index (χ0n) is 21.4. The van der Waals surface area contributed by atoms with E-state index < -0.39 is 60.8 Å². The van der Waals surface area contributed by atoms with Crippen LogP contribution in [0.5, 0.6) is 0 Å². The van der Waals surface area contributed by atoms with Gasteiger partial charge in [0.25, 0.3) is 0 Å². The number of nitrogens with two attached hydrogens (primary N) is 1. The zero-order valence-corrected chi connectivity index (χ0v) is 21.4. The maximum Gasteiger partial charge on any atom is 0.322 e. The summed E-state index contributed by atoms with van der Waals surface area (Å²) in [7, 11) is 0. The average Bonchev–Trinajstić information content (AvgIpc) is 2.84. The molecule has 0 fully saturated rings. The number of amides is 4. The molecule has 11 nitrogen and oxygen atoms in total. The quantitative estimate of drug-likeness (QED) is 0.193. The first-order valence-electron chi connectivity index (χ1n) is 12.1. The van der Waals surface area contributed by atoms with Crippen molar-refractivity contribution in [2.24, 2.45) is 17.6 Å². The molecule has 4 amide bonds. The minimum atomic E-state index is -1.21. The predicted octanol–water partition coefficient (Wildman–Crippen LogP) is -0.0648. The van der Waals surface area contributed by atoms with Gasteiger partial charge in [0.15, 0.2) is 0 Å². The van der Waals surface area contributed by atoms with Crippen molar-refractivity contribution in [3.8, 4) is 0 Å². The van der Waals surface area contributed by atoms with E-state index in [9.17, 15) is 24.0 Å². The van der Waals surface area contributed by atoms with Crippen LogP contribution in [-0.2, 0) is 30.4 Å². The van der Waals surface area contributed by atoms with Crippen LogP contribution in [0, 0.1) is 11.8 Å². The lowest BCUT2D eigenvalue weighted by molar-refractivity contribution is -0.138. The molecule has 200 valence electrons. The van der Waals surface area contributed by atoms with Gasteiger partial charge >= 0.3 is 5.97 Å². The van der Waals surface area contributed by atoms with Gasteiger partial charge in [-0.1, -0.05) is 64.4 Å². The highest BCUT2D eigenvalue weighted by atomic mass is 16.4. The van der Waals surface area contributed by atoms with Crippen molar-refractivity contribution in [3.63, 3.8) is 0 Å². The number of carboxylic acids is 1. The standard InChI is InChI=1S/C25H39N5O6/c1-5-16(4)22(26)25(36)30-19(12-17-9-7-6-8-10-17)24(35)29-18(11-15(2)3)23(34)28-13-20(31)27-14-21(32)33/h6-10,15-16,18-19,22H,5,11-14,26H2,1-4H3,(H,27,31)(H,28,34)(H,29,35)(H,30,36)(H,32,33)/t16-,18-,19-,22-/m0/s1. The minimum Gasteiger partial charge on any atom is -0.480 e. The molecule has 11 heteroatoms. The van der Waals surface area contributed by atoms with Crippen molar-refractivity contribution in [1.29, 1.82) is 0 Å². The number of hydrogen-bond donors (Lipinski definition) is 6. The van der Waals surface area contributed by atoms with Crippen molar-refractivity contribution in [3.05, 3.63) is 35.9 Å². The zero-order chi connectivity index (χ0) is 27.3. The van der Waals surface area contributed by atoms with Crippen LogP contribution < -0.4 is 27.0 Å². The molecule has 0 aromatic heterocycles. The minimum absolute atomic E-state index is 0.0304. The number of hydrogen-bond acceptors (Lipinski definition) is 6. The van der Waals surface area contributed by atoms with Crippen molar-refractivity contribution in [1.82, 2.24) is 21.3 Å². The summed E-state index contributed by atoms with van der Waals surface area (Å²) in [6.45, 7) is 6.51. The summed E-state index contributed by atoms with van der Waals surface area (Å²) in [6.07, 6.45) is 1.17. The Hall–Kier alpha value is -3.47. The van der Waals surface area contributed by atoms with Gasteiger partial charge in [-0.05, 0) is 23.8 Å². The van der Waals surface area contributed by atoms with Crippen LogP contribution in [0.2, 0.25) is 0 Å². The Morgan fingerprint density at radius 1 is 0.861 bits per heavy atom. The normalized spacial score (nSPS) is 14.2. The van der Waals surface area contributed by atoms with Crippen LogP contribution in [0.1, 0.15) is 46.1 Å². The van der Waals surface area contributed by atoms with Crippen molar-refractivity contribution >= 4 is 29.6 Å². The molecule has 1 aromatic rings. The molecule has 0 unspecified atom stereocenters. The second-order valence-electron chi connectivity index (χ2n) is 9.24. The Morgan fingerprint density at radius 3 is 2.03 bits per heavy atom. The van der Waals surface area contributed by atoms with Crippen molar-refractivity contribution in [2.75, 3.05) is 13.1 Å². The molecule has 7 N–H and O–H groups in total. The highest BCUT2D eigenvalue weighted by molar-refractivity contribution is 5.94. The van der Waals surface area contributed by atoms with E-state index in [-0.39, 0.29) is 24.7 Å². The summed E-state index contributed by atoms with van der Waals surface area (Å²) in [5.74, 6) is -3.54. The van der Waals surface area contributed by atoms with Crippen molar-refractivity contribution < 1.29 is 29.1 Å². The molecule has 0 aliphatic carbocycles. The Balaban J connectivity index is 2.97. The number of carboxylic acid groups (broad SMARTS) is 1. The van der Waals surface area contributed by atoms with E-state index in [0.29, 0.717) is 6.42 Å². The summed E-state index contributed by atoms with van der Waals surface area (Å²) in [6, 6.07) is 6.40. The maximum absolute atomic E-state index is 13.3. The van der Waals surface area contributed by atoms with E-state index in [0.717, 1.165) is 5.56 Å². The van der Waals surface area contributed by atoms with Gasteiger partial charge in [-0.3, -0.25) is 24.0 Å². The lowest BCUT2D eigenvalue weighted by atomic mass is 9.98. The highest BCUT2D eigenvalue weighted by Crippen LogP contribution is 2.10. The van der Waals surface area contributed by atoms with Crippen LogP contribution in [0.3, 0.4) is 0 Å². The molecule has 0 bridgehead atoms. The molecule has 0 heterocycles. The predicted molar refractivity (Wildman–Crippen MR) is 135 cm³/mol. The molecular formula is C25H39N5O6. The molecular weight excluding hydrogens is 466 g/mol. The largest absolute Gasteiger partial charge is 0.480 e. The van der Waals surface area contributed by atoms with Gasteiger partial charge in [0.05, 0.1) is 12.6 Å². The molecule has 1 aromatic carbocycles. The van der Waals surface area contributed by atoms with E-state index in [1.165, 1.54) is 0 Å². The first-order chi connectivity index (χ1) is 16.9. The third kappa shape index (κ3) is 11.3. The van der Waals surface area contributed by atoms with Crippen molar-refractivity contribution in [2.45, 2.75) is 65.1 Å². The summed E-state index contributed by atoms with van der Waals surface area (Å²) >= 11 is 0. The van der Waals surface area contributed by atoms with Gasteiger partial charge in [-0.15, -0.1) is 0 Å². The van der Waals surface area contributed by atoms with E-state index >= 15 is 0 Å². The summed E-state index contributed by atoms with van der Waals surface area (Å²) in [5.41, 5.74) is 6.87. The van der Waals surface area contributed by atoms with Crippen LogP contribution in [-0.4, -0.2) is 65.9 Å². The van der Waals surface area contributed by atoms with Gasteiger partial charge in [-0.25, -0.2) is 0 Å². The van der Waals surface area contributed by atoms with Gasteiger partial charge < -0.3 is 32.1 Å². The third-order valence-corrected chi connectivity index (χ3v) is 5.68. The molecule has 0 aliphatic heterocycles. The number of aliphatic carboxylic acids is 1. The molecule has 4 atom stereocenters. The molecule has 1 rings (SSSR count). The fourth-order valence-corrected chi connectivity index (χ4v) is 3.34. The van der Waals surface area contributed by atoms with Crippen LogP contribution in [0.4, 0.5) is 0 Å². The van der Waals surface area contributed by atoms with Gasteiger partial charge in [0, 0.05) is 6.42 Å². The lowest BCUT2D eigenvalue weighted by Gasteiger charge is -2.26. The van der Waals surface area contributed by atoms with Gasteiger partial charge in [0.1, 0.15) is 18.6 Å². The molecule has 36 heavy (non-hydrogen) atoms. The Labute approximate surface area is 212 Å². The number of nitrogens with one attached hydrogen (secondary N) is 4. The van der Waals surface area contributed by atoms with Crippen LogP contribution >= 0.6 is 0 Å². The summed E-state index contributed by atoms with van der Waals surface area (Å²) in [5, 5.41) is 18.6. The Kier molecular flexibility index (Phi) is 13.2. The molecule has 0 radical (unpaired) electrons. The Bertz CT molecular complexity index is 892. The monoisotopic (exact) mass is 505 g/mol. The van der Waals surface area contributed by atoms with Crippen LogP contribution in [0.15, 0.2) is 30.3 Å². The first-order valence-corrected chi connectivity index (χ1v) is 12.1. The topological polar surface area (TPSA) is 180 Å². The first kappa shape index (κ1) is 30.6. The summed E-state index contributed by atoms with van der Waals surface area (Å²) in [4.78, 5) is 61.1. The Morgan fingerprint density at radius 2 is 1.47 bits per heavy atom. The average molecular weight is 506 g/mol. The number of carbonyl (C=O) groups excluding carboxylic acids is 4. The number of carbonyl (C=O) groups is 5. The molecule has 0 aliphatic rings. The van der Waals surface area contributed by atoms with E-state index in [1.54, 1.807) is 0 Å². The fourth-order valence-electron chi connectivity index (χ4n) is 3.34. The SMILES string of the molecule is CC[C@H](C)[C@H](N)C(=O)N[C@@H](Cc1ccccc1)C(=O)N[C@@H](CC(C)C)C(=O)NCC(=O)NCC(=O)O. The summed E-state index contributed by atoms with van der Waals surface area (Å²) < 4.78 is 0. The highest BCUT2D eigenvalue weighted by Gasteiger charge is 2.30. The second-order valence-corrected chi connectivity index (χ2v) is 9.24. The molecule has 0 spiro atoms. The van der Waals surface area contributed by atoms with E-state index in [4.69, 9.17) is 10.8 Å². The second kappa shape index (κ2) is 15.5. The molecule has 0 saturated heterocycles. The lowest BCUT2D eigenvalue weighted by Crippen LogP contribution is -2.57. The van der Waals surface area contributed by atoms with E-state index in [1.807, 2.05) is 58.0 Å². The van der Waals surface area contributed by atoms with Gasteiger partial charge in [0.2, 0.25) is 23.6 Å². The third-order valence-electron chi connectivity index (χ3n) is 5.68. The fraction of sp³-hybridized carbons (Fsp3) is 0.560. The number of benzene rings is 1. The van der Waals surface area contributed by atoms with E-state index in [2.05, 4.69) is 21.3 Å². The molecule has 0 saturated carbocycles.